The molecule has 8 heteroatoms. The van der Waals surface area contributed by atoms with Crippen molar-refractivity contribution in [2.24, 2.45) is 0 Å². The summed E-state index contributed by atoms with van der Waals surface area (Å²) in [5.41, 5.74) is -0.175. The average Bonchev–Trinajstić information content (AvgIpc) is 2.68. The van der Waals surface area contributed by atoms with Crippen molar-refractivity contribution in [1.82, 2.24) is 14.5 Å². The predicted octanol–water partition coefficient (Wildman–Crippen LogP) is 3.86. The van der Waals surface area contributed by atoms with Gasteiger partial charge in [-0.05, 0) is 38.6 Å². The Kier molecular flexibility index (Phi) is 5.32. The first-order chi connectivity index (χ1) is 14.2. The van der Waals surface area contributed by atoms with E-state index in [9.17, 15) is 14.7 Å². The molecule has 158 valence electrons. The third-order valence-corrected chi connectivity index (χ3v) is 5.95. The Morgan fingerprint density at radius 3 is 2.60 bits per heavy atom. The van der Waals surface area contributed by atoms with Gasteiger partial charge in [0.15, 0.2) is 0 Å². The van der Waals surface area contributed by atoms with Gasteiger partial charge < -0.3 is 14.7 Å². The van der Waals surface area contributed by atoms with Crippen LogP contribution in [0.2, 0.25) is 0 Å². The highest BCUT2D eigenvalue weighted by atomic mass is 79.9. The van der Waals surface area contributed by atoms with E-state index in [1.807, 2.05) is 24.3 Å². The number of amides is 1. The summed E-state index contributed by atoms with van der Waals surface area (Å²) in [6.07, 6.45) is 0.580. The molecule has 0 radical (unpaired) electrons. The number of carbonyl (C=O) groups is 1. The van der Waals surface area contributed by atoms with Gasteiger partial charge in [0.2, 0.25) is 0 Å². The first-order valence-corrected chi connectivity index (χ1v) is 10.7. The molecule has 0 spiro atoms. The Morgan fingerprint density at radius 2 is 1.93 bits per heavy atom. The molecule has 3 aromatic rings. The van der Waals surface area contributed by atoms with Crippen LogP contribution in [-0.2, 0) is 4.74 Å². The SMILES string of the molecule is CC(C)(C)OC(=O)N1CC[C@H](n2cnc3c(cc(Br)c4ccccc43)c2=O)[C@@H](O)C1. The van der Waals surface area contributed by atoms with Crippen molar-refractivity contribution in [3.05, 3.63) is 51.5 Å². The topological polar surface area (TPSA) is 84.7 Å². The number of rotatable bonds is 1. The summed E-state index contributed by atoms with van der Waals surface area (Å²) in [4.78, 5) is 31.6. The van der Waals surface area contributed by atoms with Crippen LogP contribution in [0.25, 0.3) is 21.7 Å². The lowest BCUT2D eigenvalue weighted by Crippen LogP contribution is -2.50. The first kappa shape index (κ1) is 20.8. The first-order valence-electron chi connectivity index (χ1n) is 9.90. The van der Waals surface area contributed by atoms with E-state index in [4.69, 9.17) is 4.74 Å². The molecule has 0 unspecified atom stereocenters. The second-order valence-corrected chi connectivity index (χ2v) is 9.46. The van der Waals surface area contributed by atoms with Gasteiger partial charge in [-0.25, -0.2) is 9.78 Å². The molecular formula is C22H24BrN3O4. The Morgan fingerprint density at radius 1 is 1.23 bits per heavy atom. The molecule has 1 N–H and O–H groups in total. The summed E-state index contributed by atoms with van der Waals surface area (Å²) >= 11 is 3.55. The molecule has 0 bridgehead atoms. The monoisotopic (exact) mass is 473 g/mol. The number of aliphatic hydroxyl groups excluding tert-OH is 1. The van der Waals surface area contributed by atoms with Gasteiger partial charge in [0.25, 0.3) is 5.56 Å². The van der Waals surface area contributed by atoms with E-state index in [2.05, 4.69) is 20.9 Å². The molecule has 1 aromatic heterocycles. The van der Waals surface area contributed by atoms with Gasteiger partial charge in [0.05, 0.1) is 35.9 Å². The molecule has 4 rings (SSSR count). The molecule has 0 saturated carbocycles. The van der Waals surface area contributed by atoms with Crippen LogP contribution >= 0.6 is 15.9 Å². The summed E-state index contributed by atoms with van der Waals surface area (Å²) in [6, 6.07) is 9.09. The van der Waals surface area contributed by atoms with Crippen LogP contribution in [-0.4, -0.2) is 50.4 Å². The van der Waals surface area contributed by atoms with Crippen molar-refractivity contribution in [1.29, 1.82) is 0 Å². The minimum absolute atomic E-state index is 0.103. The molecule has 2 heterocycles. The Bertz CT molecular complexity index is 1180. The lowest BCUT2D eigenvalue weighted by Gasteiger charge is -2.37. The van der Waals surface area contributed by atoms with Crippen LogP contribution in [0.4, 0.5) is 4.79 Å². The number of nitrogens with zero attached hydrogens (tertiary/aromatic N) is 3. The number of likely N-dealkylation sites (tertiary alicyclic amines) is 1. The summed E-state index contributed by atoms with van der Waals surface area (Å²) in [7, 11) is 0. The van der Waals surface area contributed by atoms with E-state index < -0.39 is 23.8 Å². The van der Waals surface area contributed by atoms with Crippen molar-refractivity contribution < 1.29 is 14.6 Å². The molecule has 1 aliphatic rings. The minimum Gasteiger partial charge on any atom is -0.444 e. The molecule has 0 aliphatic carbocycles. The van der Waals surface area contributed by atoms with Crippen LogP contribution in [0.1, 0.15) is 33.2 Å². The molecule has 1 aliphatic heterocycles. The molecule has 2 atom stereocenters. The van der Waals surface area contributed by atoms with Crippen molar-refractivity contribution in [2.75, 3.05) is 13.1 Å². The highest BCUT2D eigenvalue weighted by molar-refractivity contribution is 9.10. The van der Waals surface area contributed by atoms with Gasteiger partial charge in [-0.1, -0.05) is 40.2 Å². The highest BCUT2D eigenvalue weighted by Gasteiger charge is 2.34. The molecule has 1 amide bonds. The van der Waals surface area contributed by atoms with Crippen molar-refractivity contribution in [3.63, 3.8) is 0 Å². The molecular weight excluding hydrogens is 450 g/mol. The lowest BCUT2D eigenvalue weighted by atomic mass is 10.0. The number of aliphatic hydroxyl groups is 1. The van der Waals surface area contributed by atoms with Gasteiger partial charge in [-0.15, -0.1) is 0 Å². The maximum atomic E-state index is 13.3. The van der Waals surface area contributed by atoms with Gasteiger partial charge >= 0.3 is 6.09 Å². The number of aromatic nitrogens is 2. The maximum absolute atomic E-state index is 13.3. The Hall–Kier alpha value is -2.45. The van der Waals surface area contributed by atoms with Gasteiger partial charge in [0, 0.05) is 16.4 Å². The summed E-state index contributed by atoms with van der Waals surface area (Å²) < 4.78 is 7.70. The predicted molar refractivity (Wildman–Crippen MR) is 119 cm³/mol. The van der Waals surface area contributed by atoms with E-state index in [1.54, 1.807) is 26.8 Å². The second kappa shape index (κ2) is 7.67. The van der Waals surface area contributed by atoms with Gasteiger partial charge in [0.1, 0.15) is 5.60 Å². The van der Waals surface area contributed by atoms with Gasteiger partial charge in [-0.2, -0.15) is 0 Å². The van der Waals surface area contributed by atoms with Crippen molar-refractivity contribution in [2.45, 2.75) is 44.9 Å². The number of ether oxygens (including phenoxy) is 1. The lowest BCUT2D eigenvalue weighted by molar-refractivity contribution is -0.0105. The zero-order valence-corrected chi connectivity index (χ0v) is 18.7. The van der Waals surface area contributed by atoms with E-state index in [0.717, 1.165) is 15.2 Å². The fourth-order valence-electron chi connectivity index (χ4n) is 3.90. The van der Waals surface area contributed by atoms with E-state index in [-0.39, 0.29) is 12.1 Å². The fraction of sp³-hybridized carbons (Fsp3) is 0.409. The van der Waals surface area contributed by atoms with E-state index in [1.165, 1.54) is 15.8 Å². The normalized spacial score (nSPS) is 20.0. The third-order valence-electron chi connectivity index (χ3n) is 5.30. The summed E-state index contributed by atoms with van der Waals surface area (Å²) in [6.45, 7) is 5.90. The standard InChI is InChI=1S/C22H24BrN3O4/c1-22(2,3)30-21(29)25-9-8-17(18(27)11-25)26-12-24-19-14-7-5-4-6-13(14)16(23)10-15(19)20(26)28/h4-7,10,12,17-18,27H,8-9,11H2,1-3H3/t17-,18-/m0/s1. The number of piperidine rings is 1. The van der Waals surface area contributed by atoms with E-state index in [0.29, 0.717) is 23.9 Å². The molecule has 30 heavy (non-hydrogen) atoms. The van der Waals surface area contributed by atoms with E-state index >= 15 is 0 Å². The number of halogens is 1. The second-order valence-electron chi connectivity index (χ2n) is 8.61. The fourth-order valence-corrected chi connectivity index (χ4v) is 4.48. The zero-order chi connectivity index (χ0) is 21.6. The Labute approximate surface area is 182 Å². The number of hydrogen-bond acceptors (Lipinski definition) is 5. The molecule has 2 aromatic carbocycles. The number of fused-ring (bicyclic) bond motifs is 3. The maximum Gasteiger partial charge on any atom is 0.410 e. The molecule has 1 saturated heterocycles. The largest absolute Gasteiger partial charge is 0.444 e. The zero-order valence-electron chi connectivity index (χ0n) is 17.1. The number of hydrogen-bond donors (Lipinski definition) is 1. The Balaban J connectivity index is 1.66. The third kappa shape index (κ3) is 3.81. The number of carbonyl (C=O) groups excluding carboxylic acids is 1. The van der Waals surface area contributed by atoms with Crippen molar-refractivity contribution in [3.8, 4) is 0 Å². The van der Waals surface area contributed by atoms with Crippen LogP contribution in [0.5, 0.6) is 0 Å². The molecule has 1 fully saturated rings. The smallest absolute Gasteiger partial charge is 0.410 e. The quantitative estimate of drug-likeness (QED) is 0.542. The molecule has 7 nitrogen and oxygen atoms in total. The average molecular weight is 474 g/mol. The van der Waals surface area contributed by atoms with Crippen LogP contribution in [0, 0.1) is 0 Å². The number of benzene rings is 2. The van der Waals surface area contributed by atoms with Gasteiger partial charge in [-0.3, -0.25) is 9.36 Å². The number of β-amino-alcohol motifs (C(OH)–C–C–N with tert-alkyl or cyclic N) is 1. The van der Waals surface area contributed by atoms with Crippen molar-refractivity contribution >= 4 is 43.7 Å². The van der Waals surface area contributed by atoms with Crippen LogP contribution in [0.15, 0.2) is 45.9 Å². The highest BCUT2D eigenvalue weighted by Crippen LogP contribution is 2.30. The minimum atomic E-state index is -0.896. The van der Waals surface area contributed by atoms with Crippen LogP contribution < -0.4 is 5.56 Å². The summed E-state index contributed by atoms with van der Waals surface area (Å²) in [5.74, 6) is 0. The van der Waals surface area contributed by atoms with Crippen LogP contribution in [0.3, 0.4) is 0 Å². The summed E-state index contributed by atoms with van der Waals surface area (Å²) in [5, 5.41) is 13.1.